The van der Waals surface area contributed by atoms with E-state index in [0.717, 1.165) is 25.7 Å². The fraction of sp³-hybridized carbons (Fsp3) is 0.917. The average Bonchev–Trinajstić information content (AvgIpc) is 2.15. The fourth-order valence-electron chi connectivity index (χ4n) is 2.26. The predicted octanol–water partition coefficient (Wildman–Crippen LogP) is 2.38. The minimum Gasteiger partial charge on any atom is -0.317 e. The summed E-state index contributed by atoms with van der Waals surface area (Å²) < 4.78 is 0. The van der Waals surface area contributed by atoms with Crippen LogP contribution in [0.5, 0.6) is 0 Å². The van der Waals surface area contributed by atoms with Crippen LogP contribution in [0.1, 0.15) is 46.5 Å². The molecule has 0 atom stereocenters. The highest BCUT2D eigenvalue weighted by atomic mass is 16.1. The van der Waals surface area contributed by atoms with Gasteiger partial charge in [0.15, 0.2) is 0 Å². The monoisotopic (exact) mass is 197 g/mol. The van der Waals surface area contributed by atoms with Crippen molar-refractivity contribution in [2.45, 2.75) is 52.5 Å². The summed E-state index contributed by atoms with van der Waals surface area (Å²) in [6.07, 6.45) is 4.45. The molecule has 2 heteroatoms. The van der Waals surface area contributed by atoms with Gasteiger partial charge in [0.1, 0.15) is 5.78 Å². The summed E-state index contributed by atoms with van der Waals surface area (Å²) in [5.74, 6) is 0.770. The molecule has 2 nitrogen and oxygen atoms in total. The van der Waals surface area contributed by atoms with Gasteiger partial charge in [0.05, 0.1) is 0 Å². The number of carbonyl (C=O) groups is 1. The molecule has 0 aromatic heterocycles. The van der Waals surface area contributed by atoms with Gasteiger partial charge < -0.3 is 5.32 Å². The predicted molar refractivity (Wildman–Crippen MR) is 59.3 cm³/mol. The third-order valence-corrected chi connectivity index (χ3v) is 3.25. The first-order valence-electron chi connectivity index (χ1n) is 5.66. The minimum absolute atomic E-state index is 0.156. The topological polar surface area (TPSA) is 29.1 Å². The largest absolute Gasteiger partial charge is 0.317 e. The molecule has 1 N–H and O–H groups in total. The van der Waals surface area contributed by atoms with Crippen molar-refractivity contribution < 1.29 is 4.79 Å². The third kappa shape index (κ3) is 2.81. The van der Waals surface area contributed by atoms with Crippen molar-refractivity contribution in [2.75, 3.05) is 7.05 Å². The first kappa shape index (κ1) is 11.7. The molecule has 82 valence electrons. The Bertz CT molecular complexity index is 197. The number of carbonyl (C=O) groups excluding carboxylic acids is 1. The standard InChI is InChI=1S/C12H23NO/c1-12(2,3)11(14)9-5-7-10(13-4)8-6-9/h9-10,13H,5-8H2,1-4H3. The normalized spacial score (nSPS) is 28.9. The molecule has 0 saturated heterocycles. The summed E-state index contributed by atoms with van der Waals surface area (Å²) in [6, 6.07) is 0.638. The van der Waals surface area contributed by atoms with Gasteiger partial charge in [0, 0.05) is 17.4 Å². The first-order chi connectivity index (χ1) is 6.45. The van der Waals surface area contributed by atoms with Gasteiger partial charge in [-0.15, -0.1) is 0 Å². The second-order valence-electron chi connectivity index (χ2n) is 5.45. The Morgan fingerprint density at radius 2 is 1.64 bits per heavy atom. The maximum atomic E-state index is 12.0. The summed E-state index contributed by atoms with van der Waals surface area (Å²) in [4.78, 5) is 12.0. The zero-order valence-corrected chi connectivity index (χ0v) is 9.89. The van der Waals surface area contributed by atoms with Gasteiger partial charge in [0.2, 0.25) is 0 Å². The van der Waals surface area contributed by atoms with E-state index in [4.69, 9.17) is 0 Å². The SMILES string of the molecule is CNC1CCC(C(=O)C(C)(C)C)CC1. The highest BCUT2D eigenvalue weighted by Crippen LogP contribution is 2.31. The lowest BCUT2D eigenvalue weighted by Crippen LogP contribution is -2.36. The molecule has 1 aliphatic rings. The van der Waals surface area contributed by atoms with E-state index in [1.54, 1.807) is 0 Å². The third-order valence-electron chi connectivity index (χ3n) is 3.25. The molecule has 0 aromatic rings. The molecular formula is C12H23NO. The quantitative estimate of drug-likeness (QED) is 0.736. The van der Waals surface area contributed by atoms with E-state index in [1.807, 2.05) is 27.8 Å². The van der Waals surface area contributed by atoms with Crippen molar-refractivity contribution >= 4 is 5.78 Å². The van der Waals surface area contributed by atoms with E-state index < -0.39 is 0 Å². The zero-order valence-electron chi connectivity index (χ0n) is 9.89. The number of rotatable bonds is 2. The van der Waals surface area contributed by atoms with Crippen LogP contribution in [-0.2, 0) is 4.79 Å². The number of Topliss-reactive ketones (excluding diaryl/α,β-unsaturated/α-hetero) is 1. The highest BCUT2D eigenvalue weighted by molar-refractivity contribution is 5.86. The van der Waals surface area contributed by atoms with Crippen LogP contribution in [0.3, 0.4) is 0 Å². The second kappa shape index (κ2) is 4.43. The van der Waals surface area contributed by atoms with Crippen LogP contribution in [0, 0.1) is 11.3 Å². The molecule has 0 bridgehead atoms. The smallest absolute Gasteiger partial charge is 0.141 e. The number of nitrogens with one attached hydrogen (secondary N) is 1. The van der Waals surface area contributed by atoms with Gasteiger partial charge in [-0.2, -0.15) is 0 Å². The van der Waals surface area contributed by atoms with Crippen LogP contribution in [0.15, 0.2) is 0 Å². The average molecular weight is 197 g/mol. The van der Waals surface area contributed by atoms with Gasteiger partial charge in [0.25, 0.3) is 0 Å². The Hall–Kier alpha value is -0.370. The van der Waals surface area contributed by atoms with E-state index in [0.29, 0.717) is 17.7 Å². The lowest BCUT2D eigenvalue weighted by molar-refractivity contribution is -0.131. The molecule has 0 aromatic carbocycles. The highest BCUT2D eigenvalue weighted by Gasteiger charge is 2.32. The number of ketones is 1. The van der Waals surface area contributed by atoms with Crippen molar-refractivity contribution in [2.24, 2.45) is 11.3 Å². The van der Waals surface area contributed by atoms with Crippen LogP contribution < -0.4 is 5.32 Å². The Kier molecular flexibility index (Phi) is 3.71. The molecule has 0 amide bonds. The molecule has 0 aliphatic heterocycles. The van der Waals surface area contributed by atoms with E-state index >= 15 is 0 Å². The van der Waals surface area contributed by atoms with E-state index in [2.05, 4.69) is 5.32 Å². The molecule has 0 heterocycles. The summed E-state index contributed by atoms with van der Waals surface area (Å²) in [6.45, 7) is 6.08. The summed E-state index contributed by atoms with van der Waals surface area (Å²) >= 11 is 0. The molecule has 0 unspecified atom stereocenters. The molecule has 0 spiro atoms. The van der Waals surface area contributed by atoms with Crippen molar-refractivity contribution in [3.05, 3.63) is 0 Å². The Labute approximate surface area is 87.5 Å². The molecule has 1 aliphatic carbocycles. The van der Waals surface area contributed by atoms with E-state index in [1.165, 1.54) is 0 Å². The maximum absolute atomic E-state index is 12.0. The minimum atomic E-state index is -0.156. The van der Waals surface area contributed by atoms with Crippen LogP contribution in [0.2, 0.25) is 0 Å². The lowest BCUT2D eigenvalue weighted by Gasteiger charge is -2.31. The van der Waals surface area contributed by atoms with Gasteiger partial charge in [-0.05, 0) is 32.7 Å². The summed E-state index contributed by atoms with van der Waals surface area (Å²) in [5.41, 5.74) is -0.156. The van der Waals surface area contributed by atoms with Gasteiger partial charge in [-0.3, -0.25) is 4.79 Å². The second-order valence-corrected chi connectivity index (χ2v) is 5.45. The van der Waals surface area contributed by atoms with Crippen LogP contribution in [-0.4, -0.2) is 18.9 Å². The van der Waals surface area contributed by atoms with Crippen molar-refractivity contribution in [3.63, 3.8) is 0 Å². The maximum Gasteiger partial charge on any atom is 0.141 e. The molecule has 0 radical (unpaired) electrons. The fourth-order valence-corrected chi connectivity index (χ4v) is 2.26. The van der Waals surface area contributed by atoms with Crippen molar-refractivity contribution in [3.8, 4) is 0 Å². The molecule has 1 saturated carbocycles. The van der Waals surface area contributed by atoms with Gasteiger partial charge in [-0.25, -0.2) is 0 Å². The molecular weight excluding hydrogens is 174 g/mol. The van der Waals surface area contributed by atoms with Crippen molar-refractivity contribution in [1.29, 1.82) is 0 Å². The molecule has 1 fully saturated rings. The van der Waals surface area contributed by atoms with Gasteiger partial charge >= 0.3 is 0 Å². The van der Waals surface area contributed by atoms with Gasteiger partial charge in [-0.1, -0.05) is 20.8 Å². The summed E-state index contributed by atoms with van der Waals surface area (Å²) in [7, 11) is 2.01. The van der Waals surface area contributed by atoms with Crippen LogP contribution >= 0.6 is 0 Å². The lowest BCUT2D eigenvalue weighted by atomic mass is 9.75. The Morgan fingerprint density at radius 3 is 2.00 bits per heavy atom. The summed E-state index contributed by atoms with van der Waals surface area (Å²) in [5, 5.41) is 3.29. The number of hydrogen-bond donors (Lipinski definition) is 1. The Balaban J connectivity index is 2.46. The Morgan fingerprint density at radius 1 is 1.14 bits per heavy atom. The van der Waals surface area contributed by atoms with Crippen molar-refractivity contribution in [1.82, 2.24) is 5.32 Å². The molecule has 14 heavy (non-hydrogen) atoms. The van der Waals surface area contributed by atoms with Crippen LogP contribution in [0.4, 0.5) is 0 Å². The number of hydrogen-bond acceptors (Lipinski definition) is 2. The zero-order chi connectivity index (χ0) is 10.8. The first-order valence-corrected chi connectivity index (χ1v) is 5.66. The molecule has 1 rings (SSSR count). The van der Waals surface area contributed by atoms with E-state index in [-0.39, 0.29) is 5.41 Å². The van der Waals surface area contributed by atoms with E-state index in [9.17, 15) is 4.79 Å². The van der Waals surface area contributed by atoms with Crippen LogP contribution in [0.25, 0.3) is 0 Å².